The van der Waals surface area contributed by atoms with Crippen molar-refractivity contribution < 1.29 is 19.2 Å². The Morgan fingerprint density at radius 1 is 1.06 bits per heavy atom. The van der Waals surface area contributed by atoms with E-state index in [9.17, 15) is 14.9 Å². The number of para-hydroxylation sites is 2. The fraction of sp³-hybridized carbons (Fsp3) is 0.130. The number of benzene rings is 2. The van der Waals surface area contributed by atoms with Gasteiger partial charge in [0, 0.05) is 17.8 Å². The van der Waals surface area contributed by atoms with Crippen molar-refractivity contribution in [3.05, 3.63) is 83.2 Å². The summed E-state index contributed by atoms with van der Waals surface area (Å²) in [7, 11) is 0. The maximum absolute atomic E-state index is 12.3. The number of nitro groups is 1. The third-order valence-electron chi connectivity index (χ3n) is 4.63. The van der Waals surface area contributed by atoms with Crippen molar-refractivity contribution in [2.45, 2.75) is 6.92 Å². The number of aromatic nitrogens is 2. The van der Waals surface area contributed by atoms with Crippen LogP contribution in [0.2, 0.25) is 0 Å². The van der Waals surface area contributed by atoms with E-state index in [1.54, 1.807) is 40.9 Å². The van der Waals surface area contributed by atoms with E-state index in [4.69, 9.17) is 9.47 Å². The van der Waals surface area contributed by atoms with Crippen molar-refractivity contribution in [3.8, 4) is 22.8 Å². The van der Waals surface area contributed by atoms with E-state index in [0.717, 1.165) is 5.56 Å². The molecule has 0 fully saturated rings. The van der Waals surface area contributed by atoms with Crippen molar-refractivity contribution in [2.24, 2.45) is 0 Å². The number of amides is 1. The number of pyridine rings is 1. The van der Waals surface area contributed by atoms with Crippen LogP contribution in [0.5, 0.6) is 11.5 Å². The normalized spacial score (nSPS) is 10.7. The molecule has 2 aromatic carbocycles. The Hall–Kier alpha value is -4.40. The van der Waals surface area contributed by atoms with E-state index in [1.165, 1.54) is 12.3 Å². The Labute approximate surface area is 183 Å². The summed E-state index contributed by atoms with van der Waals surface area (Å²) in [5.41, 5.74) is 2.67. The molecule has 9 heteroatoms. The third-order valence-corrected chi connectivity index (χ3v) is 4.63. The van der Waals surface area contributed by atoms with Gasteiger partial charge in [-0.1, -0.05) is 12.1 Å². The van der Waals surface area contributed by atoms with Crippen LogP contribution < -0.4 is 14.8 Å². The van der Waals surface area contributed by atoms with Crippen LogP contribution >= 0.6 is 0 Å². The lowest BCUT2D eigenvalue weighted by atomic mass is 10.2. The van der Waals surface area contributed by atoms with Crippen molar-refractivity contribution in [1.82, 2.24) is 9.38 Å². The molecule has 9 nitrogen and oxygen atoms in total. The van der Waals surface area contributed by atoms with Gasteiger partial charge in [-0.3, -0.25) is 19.3 Å². The first-order chi connectivity index (χ1) is 15.5. The fourth-order valence-corrected chi connectivity index (χ4v) is 3.14. The molecule has 0 aliphatic carbocycles. The lowest BCUT2D eigenvalue weighted by Crippen LogP contribution is -2.20. The number of nitrogens with zero attached hydrogens (tertiary/aromatic N) is 3. The van der Waals surface area contributed by atoms with Gasteiger partial charge < -0.3 is 14.8 Å². The molecular weight excluding hydrogens is 412 g/mol. The maximum Gasteiger partial charge on any atom is 0.286 e. The first kappa shape index (κ1) is 20.9. The molecule has 0 aliphatic heterocycles. The highest BCUT2D eigenvalue weighted by Crippen LogP contribution is 2.25. The van der Waals surface area contributed by atoms with Crippen LogP contribution in [-0.2, 0) is 4.79 Å². The number of hydrogen-bond donors (Lipinski definition) is 1. The number of fused-ring (bicyclic) bond motifs is 1. The molecule has 0 spiro atoms. The molecule has 0 saturated carbocycles. The Morgan fingerprint density at radius 2 is 1.84 bits per heavy atom. The monoisotopic (exact) mass is 432 g/mol. The molecule has 0 aliphatic rings. The number of ether oxygens (including phenoxy) is 2. The van der Waals surface area contributed by atoms with Crippen LogP contribution in [0.4, 0.5) is 11.4 Å². The maximum atomic E-state index is 12.3. The van der Waals surface area contributed by atoms with E-state index in [1.807, 2.05) is 31.2 Å². The molecule has 0 bridgehead atoms. The molecular formula is C23H20N4O5. The number of carbonyl (C=O) groups excluding carboxylic acids is 1. The smallest absolute Gasteiger partial charge is 0.286 e. The highest BCUT2D eigenvalue weighted by Gasteiger charge is 2.11. The minimum absolute atomic E-state index is 0.00708. The topological polar surface area (TPSA) is 108 Å². The van der Waals surface area contributed by atoms with Crippen LogP contribution in [0.1, 0.15) is 6.92 Å². The fourth-order valence-electron chi connectivity index (χ4n) is 3.14. The SMILES string of the molecule is CCOc1ccccc1NC(=O)COc1ccc(-c2cn3cc([N+](=O)[O-])ccc3n2)cc1. The van der Waals surface area contributed by atoms with Crippen LogP contribution in [-0.4, -0.2) is 33.4 Å². The van der Waals surface area contributed by atoms with Gasteiger partial charge in [0.15, 0.2) is 6.61 Å². The van der Waals surface area contributed by atoms with Gasteiger partial charge >= 0.3 is 0 Å². The van der Waals surface area contributed by atoms with E-state index in [2.05, 4.69) is 10.3 Å². The van der Waals surface area contributed by atoms with Gasteiger partial charge in [0.05, 0.1) is 29.1 Å². The van der Waals surface area contributed by atoms with Crippen LogP contribution in [0.15, 0.2) is 73.1 Å². The number of imidazole rings is 1. The summed E-state index contributed by atoms with van der Waals surface area (Å²) in [6.07, 6.45) is 3.15. The number of rotatable bonds is 8. The first-order valence-corrected chi connectivity index (χ1v) is 9.91. The van der Waals surface area contributed by atoms with E-state index < -0.39 is 4.92 Å². The zero-order chi connectivity index (χ0) is 22.5. The third kappa shape index (κ3) is 4.67. The summed E-state index contributed by atoms with van der Waals surface area (Å²) in [5, 5.41) is 13.7. The van der Waals surface area contributed by atoms with E-state index in [0.29, 0.717) is 35.1 Å². The lowest BCUT2D eigenvalue weighted by Gasteiger charge is -2.12. The Kier molecular flexibility index (Phi) is 5.98. The molecule has 0 saturated heterocycles. The van der Waals surface area contributed by atoms with Crippen LogP contribution in [0.25, 0.3) is 16.9 Å². The van der Waals surface area contributed by atoms with Crippen molar-refractivity contribution >= 4 is 22.9 Å². The van der Waals surface area contributed by atoms with Gasteiger partial charge in [-0.05, 0) is 49.4 Å². The molecule has 0 atom stereocenters. The predicted octanol–water partition coefficient (Wildman–Crippen LogP) is 4.33. The van der Waals surface area contributed by atoms with Crippen molar-refractivity contribution in [2.75, 3.05) is 18.5 Å². The van der Waals surface area contributed by atoms with Gasteiger partial charge in [-0.25, -0.2) is 4.98 Å². The van der Waals surface area contributed by atoms with E-state index in [-0.39, 0.29) is 18.2 Å². The lowest BCUT2D eigenvalue weighted by molar-refractivity contribution is -0.385. The second-order valence-corrected chi connectivity index (χ2v) is 6.83. The molecule has 162 valence electrons. The van der Waals surface area contributed by atoms with Gasteiger partial charge in [0.25, 0.3) is 11.6 Å². The quantitative estimate of drug-likeness (QED) is 0.328. The summed E-state index contributed by atoms with van der Waals surface area (Å²) < 4.78 is 12.7. The molecule has 0 radical (unpaired) electrons. The minimum Gasteiger partial charge on any atom is -0.492 e. The molecule has 1 amide bonds. The molecule has 1 N–H and O–H groups in total. The Bertz CT molecular complexity index is 1270. The van der Waals surface area contributed by atoms with Gasteiger partial charge in [0.1, 0.15) is 17.1 Å². The zero-order valence-electron chi connectivity index (χ0n) is 17.2. The summed E-state index contributed by atoms with van der Waals surface area (Å²) >= 11 is 0. The van der Waals surface area contributed by atoms with Crippen molar-refractivity contribution in [3.63, 3.8) is 0 Å². The first-order valence-electron chi connectivity index (χ1n) is 9.91. The Balaban J connectivity index is 1.39. The standard InChI is InChI=1S/C23H20N4O5/c1-2-31-21-6-4-3-5-19(21)25-23(28)15-32-18-10-7-16(8-11-18)20-14-26-13-17(27(29)30)9-12-22(26)24-20/h3-14H,2,15H2,1H3,(H,25,28). The molecule has 32 heavy (non-hydrogen) atoms. The molecule has 4 aromatic rings. The summed E-state index contributed by atoms with van der Waals surface area (Å²) in [6, 6.07) is 17.3. The van der Waals surface area contributed by atoms with Gasteiger partial charge in [0.2, 0.25) is 0 Å². The highest BCUT2D eigenvalue weighted by atomic mass is 16.6. The summed E-state index contributed by atoms with van der Waals surface area (Å²) in [6.45, 7) is 2.22. The molecule has 4 rings (SSSR count). The average Bonchev–Trinajstić information content (AvgIpc) is 3.23. The van der Waals surface area contributed by atoms with E-state index >= 15 is 0 Å². The van der Waals surface area contributed by atoms with Crippen LogP contribution in [0.3, 0.4) is 0 Å². The number of nitrogens with one attached hydrogen (secondary N) is 1. The molecule has 2 heterocycles. The summed E-state index contributed by atoms with van der Waals surface area (Å²) in [5.74, 6) is 0.829. The van der Waals surface area contributed by atoms with Crippen LogP contribution in [0, 0.1) is 10.1 Å². The number of carbonyl (C=O) groups is 1. The summed E-state index contributed by atoms with van der Waals surface area (Å²) in [4.78, 5) is 27.2. The molecule has 0 unspecified atom stereocenters. The Morgan fingerprint density at radius 3 is 2.59 bits per heavy atom. The van der Waals surface area contributed by atoms with Crippen molar-refractivity contribution in [1.29, 1.82) is 0 Å². The van der Waals surface area contributed by atoms with Gasteiger partial charge in [-0.2, -0.15) is 0 Å². The van der Waals surface area contributed by atoms with Gasteiger partial charge in [-0.15, -0.1) is 0 Å². The number of anilines is 1. The second kappa shape index (κ2) is 9.17. The molecule has 2 aromatic heterocycles. The average molecular weight is 432 g/mol. The number of hydrogen-bond acceptors (Lipinski definition) is 6. The second-order valence-electron chi connectivity index (χ2n) is 6.83. The zero-order valence-corrected chi connectivity index (χ0v) is 17.2. The largest absolute Gasteiger partial charge is 0.492 e. The minimum atomic E-state index is -0.448. The highest BCUT2D eigenvalue weighted by molar-refractivity contribution is 5.93. The predicted molar refractivity (Wildman–Crippen MR) is 119 cm³/mol.